The smallest absolute Gasteiger partial charge is 0.246 e. The van der Waals surface area contributed by atoms with Gasteiger partial charge in [0.2, 0.25) is 11.7 Å². The van der Waals surface area contributed by atoms with E-state index in [0.717, 1.165) is 5.56 Å². The van der Waals surface area contributed by atoms with Gasteiger partial charge in [-0.05, 0) is 30.7 Å². The molecule has 1 aromatic carbocycles. The Labute approximate surface area is 118 Å². The lowest BCUT2D eigenvalue weighted by Gasteiger charge is -2.21. The van der Waals surface area contributed by atoms with E-state index >= 15 is 0 Å². The molecule has 5 heteroatoms. The minimum Gasteiger partial charge on any atom is -0.493 e. The van der Waals surface area contributed by atoms with E-state index in [-0.39, 0.29) is 5.91 Å². The summed E-state index contributed by atoms with van der Waals surface area (Å²) < 4.78 is 16.4. The Hall–Kier alpha value is -2.17. The molecule has 2 rings (SSSR count). The summed E-state index contributed by atoms with van der Waals surface area (Å²) in [5.74, 6) is 1.83. The van der Waals surface area contributed by atoms with Crippen LogP contribution in [0.4, 0.5) is 0 Å². The second-order valence-electron chi connectivity index (χ2n) is 4.43. The maximum absolute atomic E-state index is 11.7. The van der Waals surface area contributed by atoms with Crippen LogP contribution in [-0.4, -0.2) is 44.7 Å². The Balaban J connectivity index is 2.24. The molecule has 0 aromatic heterocycles. The zero-order valence-electron chi connectivity index (χ0n) is 12.0. The van der Waals surface area contributed by atoms with Gasteiger partial charge >= 0.3 is 0 Å². The van der Waals surface area contributed by atoms with Gasteiger partial charge in [0.25, 0.3) is 0 Å². The Kier molecular flexibility index (Phi) is 4.50. The lowest BCUT2D eigenvalue weighted by atomic mass is 10.1. The lowest BCUT2D eigenvalue weighted by Crippen LogP contribution is -2.23. The quantitative estimate of drug-likeness (QED) is 0.789. The molecule has 0 saturated heterocycles. The third-order valence-electron chi connectivity index (χ3n) is 3.12. The highest BCUT2D eigenvalue weighted by molar-refractivity contribution is 5.91. The number of rotatable bonds is 4. The van der Waals surface area contributed by atoms with Crippen molar-refractivity contribution in [3.63, 3.8) is 0 Å². The highest BCUT2D eigenvalue weighted by atomic mass is 16.6. The van der Waals surface area contributed by atoms with Crippen LogP contribution in [0.3, 0.4) is 0 Å². The van der Waals surface area contributed by atoms with Gasteiger partial charge in [0, 0.05) is 19.7 Å². The highest BCUT2D eigenvalue weighted by Crippen LogP contribution is 2.40. The maximum atomic E-state index is 11.7. The van der Waals surface area contributed by atoms with Crippen molar-refractivity contribution in [2.75, 3.05) is 33.9 Å². The molecule has 0 unspecified atom stereocenters. The number of amides is 1. The molecular formula is C15H19NO4. The van der Waals surface area contributed by atoms with Crippen molar-refractivity contribution in [1.82, 2.24) is 4.90 Å². The Bertz CT molecular complexity index is 508. The van der Waals surface area contributed by atoms with Gasteiger partial charge in [-0.3, -0.25) is 4.79 Å². The topological polar surface area (TPSA) is 48.0 Å². The predicted molar refractivity (Wildman–Crippen MR) is 76.3 cm³/mol. The first-order valence-corrected chi connectivity index (χ1v) is 6.56. The van der Waals surface area contributed by atoms with Crippen LogP contribution in [0.5, 0.6) is 17.2 Å². The van der Waals surface area contributed by atoms with Gasteiger partial charge in [0.05, 0.1) is 7.11 Å². The van der Waals surface area contributed by atoms with Gasteiger partial charge in [0.15, 0.2) is 11.5 Å². The number of hydrogen-bond donors (Lipinski definition) is 0. The van der Waals surface area contributed by atoms with E-state index in [9.17, 15) is 4.79 Å². The van der Waals surface area contributed by atoms with Crippen LogP contribution in [0.15, 0.2) is 18.2 Å². The van der Waals surface area contributed by atoms with Crippen LogP contribution in [0, 0.1) is 0 Å². The van der Waals surface area contributed by atoms with E-state index in [1.54, 1.807) is 25.1 Å². The zero-order valence-corrected chi connectivity index (χ0v) is 12.0. The molecule has 1 amide bonds. The standard InChI is InChI=1S/C15H19NO4/c1-4-16(2)14(17)6-5-11-9-12(18-3)15-13(10-11)19-7-8-20-15/h5-6,9-10H,4,7-8H2,1-3H3/b6-5+. The van der Waals surface area contributed by atoms with Gasteiger partial charge < -0.3 is 19.1 Å². The number of likely N-dealkylation sites (N-methyl/N-ethyl adjacent to an activating group) is 1. The first-order chi connectivity index (χ1) is 9.65. The fourth-order valence-electron chi connectivity index (χ4n) is 1.84. The normalized spacial score (nSPS) is 13.3. The SMILES string of the molecule is CCN(C)C(=O)/C=C/c1cc(OC)c2c(c1)OCCO2. The predicted octanol–water partition coefficient (Wildman–Crippen LogP) is 1.96. The van der Waals surface area contributed by atoms with Gasteiger partial charge in [-0.25, -0.2) is 0 Å². The molecule has 0 fully saturated rings. The minimum atomic E-state index is -0.0404. The largest absolute Gasteiger partial charge is 0.493 e. The molecule has 0 spiro atoms. The number of carbonyl (C=O) groups is 1. The van der Waals surface area contributed by atoms with Crippen molar-refractivity contribution in [1.29, 1.82) is 0 Å². The van der Waals surface area contributed by atoms with E-state index in [1.807, 2.05) is 19.1 Å². The molecule has 0 bridgehead atoms. The second kappa shape index (κ2) is 6.32. The zero-order chi connectivity index (χ0) is 14.5. The van der Waals surface area contributed by atoms with E-state index in [0.29, 0.717) is 37.0 Å². The van der Waals surface area contributed by atoms with Crippen LogP contribution in [0.25, 0.3) is 6.08 Å². The van der Waals surface area contributed by atoms with E-state index in [4.69, 9.17) is 14.2 Å². The number of ether oxygens (including phenoxy) is 3. The average Bonchev–Trinajstić information content (AvgIpc) is 2.50. The molecule has 1 aliphatic heterocycles. The van der Waals surface area contributed by atoms with Crippen LogP contribution >= 0.6 is 0 Å². The maximum Gasteiger partial charge on any atom is 0.246 e. The minimum absolute atomic E-state index is 0.0404. The summed E-state index contributed by atoms with van der Waals surface area (Å²) >= 11 is 0. The number of benzene rings is 1. The number of carbonyl (C=O) groups excluding carboxylic acids is 1. The van der Waals surface area contributed by atoms with Crippen molar-refractivity contribution in [2.45, 2.75) is 6.92 Å². The second-order valence-corrected chi connectivity index (χ2v) is 4.43. The highest BCUT2D eigenvalue weighted by Gasteiger charge is 2.17. The average molecular weight is 277 g/mol. The first kappa shape index (κ1) is 14.2. The molecule has 20 heavy (non-hydrogen) atoms. The Morgan fingerprint density at radius 2 is 2.15 bits per heavy atom. The molecule has 5 nitrogen and oxygen atoms in total. The fourth-order valence-corrected chi connectivity index (χ4v) is 1.84. The molecule has 0 aliphatic carbocycles. The first-order valence-electron chi connectivity index (χ1n) is 6.56. The third-order valence-corrected chi connectivity index (χ3v) is 3.12. The van der Waals surface area contributed by atoms with Crippen molar-refractivity contribution >= 4 is 12.0 Å². The van der Waals surface area contributed by atoms with Gasteiger partial charge in [-0.2, -0.15) is 0 Å². The number of hydrogen-bond acceptors (Lipinski definition) is 4. The lowest BCUT2D eigenvalue weighted by molar-refractivity contribution is -0.124. The summed E-state index contributed by atoms with van der Waals surface area (Å²) in [6.45, 7) is 3.63. The molecule has 1 heterocycles. The molecule has 108 valence electrons. The molecule has 0 saturated carbocycles. The molecule has 0 N–H and O–H groups in total. The molecule has 0 atom stereocenters. The summed E-state index contributed by atoms with van der Waals surface area (Å²) in [5.41, 5.74) is 0.837. The van der Waals surface area contributed by atoms with E-state index in [2.05, 4.69) is 0 Å². The molecule has 0 radical (unpaired) electrons. The van der Waals surface area contributed by atoms with Gasteiger partial charge in [0.1, 0.15) is 13.2 Å². The Morgan fingerprint density at radius 3 is 2.85 bits per heavy atom. The number of fused-ring (bicyclic) bond motifs is 1. The Morgan fingerprint density at radius 1 is 1.40 bits per heavy atom. The van der Waals surface area contributed by atoms with E-state index in [1.165, 1.54) is 6.08 Å². The van der Waals surface area contributed by atoms with Crippen molar-refractivity contribution in [3.8, 4) is 17.2 Å². The molecule has 1 aromatic rings. The molecule has 1 aliphatic rings. The summed E-state index contributed by atoms with van der Waals surface area (Å²) in [6, 6.07) is 3.66. The monoisotopic (exact) mass is 277 g/mol. The molecular weight excluding hydrogens is 258 g/mol. The van der Waals surface area contributed by atoms with Crippen LogP contribution in [0.2, 0.25) is 0 Å². The third kappa shape index (κ3) is 3.04. The van der Waals surface area contributed by atoms with Crippen molar-refractivity contribution in [2.24, 2.45) is 0 Å². The van der Waals surface area contributed by atoms with Crippen LogP contribution < -0.4 is 14.2 Å². The van der Waals surface area contributed by atoms with E-state index < -0.39 is 0 Å². The fraction of sp³-hybridized carbons (Fsp3) is 0.400. The number of methoxy groups -OCH3 is 1. The summed E-state index contributed by atoms with van der Waals surface area (Å²) in [4.78, 5) is 13.4. The summed E-state index contributed by atoms with van der Waals surface area (Å²) in [7, 11) is 3.34. The van der Waals surface area contributed by atoms with Crippen LogP contribution in [-0.2, 0) is 4.79 Å². The van der Waals surface area contributed by atoms with Gasteiger partial charge in [-0.15, -0.1) is 0 Å². The number of nitrogens with zero attached hydrogens (tertiary/aromatic N) is 1. The van der Waals surface area contributed by atoms with Crippen molar-refractivity contribution in [3.05, 3.63) is 23.8 Å². The summed E-state index contributed by atoms with van der Waals surface area (Å²) in [5, 5.41) is 0. The summed E-state index contributed by atoms with van der Waals surface area (Å²) in [6.07, 6.45) is 3.28. The van der Waals surface area contributed by atoms with Gasteiger partial charge in [-0.1, -0.05) is 0 Å². The van der Waals surface area contributed by atoms with Crippen molar-refractivity contribution < 1.29 is 19.0 Å². The van der Waals surface area contributed by atoms with Crippen LogP contribution in [0.1, 0.15) is 12.5 Å².